The Morgan fingerprint density at radius 2 is 1.91 bits per heavy atom. The van der Waals surface area contributed by atoms with Crippen molar-refractivity contribution in [2.24, 2.45) is 0 Å². The van der Waals surface area contributed by atoms with Gasteiger partial charge in [0.15, 0.2) is 0 Å². The van der Waals surface area contributed by atoms with Crippen molar-refractivity contribution >= 4 is 0 Å². The second-order valence-electron chi connectivity index (χ2n) is 2.30. The molecule has 0 unspecified atom stereocenters. The highest BCUT2D eigenvalue weighted by atomic mass is 16.7. The third-order valence-electron chi connectivity index (χ3n) is 1.56. The SMILES string of the molecule is CC=CCNC(C)(OC)OC. The van der Waals surface area contributed by atoms with E-state index in [-0.39, 0.29) is 0 Å². The van der Waals surface area contributed by atoms with Gasteiger partial charge >= 0.3 is 0 Å². The first-order chi connectivity index (χ1) is 5.18. The molecule has 0 spiro atoms. The van der Waals surface area contributed by atoms with E-state index in [1.54, 1.807) is 14.2 Å². The van der Waals surface area contributed by atoms with Crippen LogP contribution in [-0.2, 0) is 9.47 Å². The summed E-state index contributed by atoms with van der Waals surface area (Å²) in [6.07, 6.45) is 3.97. The van der Waals surface area contributed by atoms with Crippen molar-refractivity contribution in [2.45, 2.75) is 19.8 Å². The van der Waals surface area contributed by atoms with Crippen LogP contribution in [0.25, 0.3) is 0 Å². The zero-order valence-corrected chi connectivity index (χ0v) is 7.68. The first-order valence-corrected chi connectivity index (χ1v) is 3.65. The normalized spacial score (nSPS) is 12.7. The summed E-state index contributed by atoms with van der Waals surface area (Å²) in [6, 6.07) is 0. The minimum Gasteiger partial charge on any atom is -0.341 e. The van der Waals surface area contributed by atoms with Crippen molar-refractivity contribution in [1.29, 1.82) is 0 Å². The monoisotopic (exact) mass is 159 g/mol. The molecule has 0 bridgehead atoms. The number of rotatable bonds is 5. The number of nitrogens with one attached hydrogen (secondary N) is 1. The Labute approximate surface area is 68.4 Å². The molecule has 3 nitrogen and oxygen atoms in total. The Hall–Kier alpha value is -0.380. The topological polar surface area (TPSA) is 30.5 Å². The lowest BCUT2D eigenvalue weighted by Gasteiger charge is -2.26. The largest absolute Gasteiger partial charge is 0.341 e. The van der Waals surface area contributed by atoms with Crippen LogP contribution in [0.3, 0.4) is 0 Å². The smallest absolute Gasteiger partial charge is 0.224 e. The predicted octanol–water partition coefficient (Wildman–Crippen LogP) is 1.12. The average molecular weight is 159 g/mol. The van der Waals surface area contributed by atoms with E-state index in [4.69, 9.17) is 9.47 Å². The molecule has 0 saturated heterocycles. The van der Waals surface area contributed by atoms with Crippen molar-refractivity contribution in [1.82, 2.24) is 5.32 Å². The second kappa shape index (κ2) is 5.29. The van der Waals surface area contributed by atoms with Gasteiger partial charge in [-0.25, -0.2) is 0 Å². The van der Waals surface area contributed by atoms with Crippen LogP contribution < -0.4 is 5.32 Å². The van der Waals surface area contributed by atoms with Crippen molar-refractivity contribution in [2.75, 3.05) is 20.8 Å². The second-order valence-corrected chi connectivity index (χ2v) is 2.30. The van der Waals surface area contributed by atoms with Gasteiger partial charge in [-0.2, -0.15) is 0 Å². The molecule has 0 fully saturated rings. The highest BCUT2D eigenvalue weighted by Crippen LogP contribution is 2.03. The van der Waals surface area contributed by atoms with Crippen molar-refractivity contribution < 1.29 is 9.47 Å². The van der Waals surface area contributed by atoms with Gasteiger partial charge in [0.05, 0.1) is 0 Å². The lowest BCUT2D eigenvalue weighted by atomic mass is 10.4. The third-order valence-corrected chi connectivity index (χ3v) is 1.56. The van der Waals surface area contributed by atoms with Gasteiger partial charge in [-0.15, -0.1) is 0 Å². The lowest BCUT2D eigenvalue weighted by molar-refractivity contribution is -0.212. The van der Waals surface area contributed by atoms with E-state index in [1.807, 2.05) is 26.0 Å². The van der Waals surface area contributed by atoms with Gasteiger partial charge < -0.3 is 9.47 Å². The maximum Gasteiger partial charge on any atom is 0.224 e. The fourth-order valence-electron chi connectivity index (χ4n) is 0.590. The minimum atomic E-state index is -0.667. The molecular weight excluding hydrogens is 142 g/mol. The molecule has 11 heavy (non-hydrogen) atoms. The lowest BCUT2D eigenvalue weighted by Crippen LogP contribution is -2.45. The van der Waals surface area contributed by atoms with Gasteiger partial charge in [0.25, 0.3) is 0 Å². The van der Waals surface area contributed by atoms with E-state index in [1.165, 1.54) is 0 Å². The van der Waals surface area contributed by atoms with Crippen LogP contribution in [-0.4, -0.2) is 26.7 Å². The molecule has 0 aromatic rings. The Kier molecular flexibility index (Phi) is 5.11. The van der Waals surface area contributed by atoms with E-state index in [9.17, 15) is 0 Å². The molecule has 0 atom stereocenters. The Balaban J connectivity index is 3.68. The highest BCUT2D eigenvalue weighted by molar-refractivity contribution is 4.80. The number of methoxy groups -OCH3 is 2. The standard InChI is InChI=1S/C8H17NO2/c1-5-6-7-9-8(2,10-3)11-4/h5-6,9H,7H2,1-4H3. The number of hydrogen-bond donors (Lipinski definition) is 1. The fourth-order valence-corrected chi connectivity index (χ4v) is 0.590. The maximum atomic E-state index is 5.07. The Morgan fingerprint density at radius 3 is 2.27 bits per heavy atom. The van der Waals surface area contributed by atoms with Gasteiger partial charge in [-0.05, 0) is 6.92 Å². The fraction of sp³-hybridized carbons (Fsp3) is 0.750. The molecule has 0 amide bonds. The van der Waals surface area contributed by atoms with Crippen LogP contribution in [0.1, 0.15) is 13.8 Å². The van der Waals surface area contributed by atoms with Crippen LogP contribution >= 0.6 is 0 Å². The zero-order chi connectivity index (χ0) is 8.74. The molecule has 0 rings (SSSR count). The third kappa shape index (κ3) is 4.14. The molecular formula is C8H17NO2. The van der Waals surface area contributed by atoms with Gasteiger partial charge in [0, 0.05) is 27.7 Å². The molecule has 0 aliphatic heterocycles. The Morgan fingerprint density at radius 1 is 1.36 bits per heavy atom. The van der Waals surface area contributed by atoms with Crippen molar-refractivity contribution in [3.8, 4) is 0 Å². The summed E-state index contributed by atoms with van der Waals surface area (Å²) in [5, 5.41) is 3.07. The summed E-state index contributed by atoms with van der Waals surface area (Å²) in [6.45, 7) is 4.55. The van der Waals surface area contributed by atoms with E-state index >= 15 is 0 Å². The van der Waals surface area contributed by atoms with Crippen molar-refractivity contribution in [3.05, 3.63) is 12.2 Å². The molecule has 0 heterocycles. The van der Waals surface area contributed by atoms with E-state index in [2.05, 4.69) is 5.32 Å². The zero-order valence-electron chi connectivity index (χ0n) is 7.68. The number of allylic oxidation sites excluding steroid dienone is 1. The van der Waals surface area contributed by atoms with Crippen LogP contribution in [0, 0.1) is 0 Å². The van der Waals surface area contributed by atoms with E-state index < -0.39 is 5.91 Å². The molecule has 0 aliphatic carbocycles. The first kappa shape index (κ1) is 10.6. The van der Waals surface area contributed by atoms with Crippen molar-refractivity contribution in [3.63, 3.8) is 0 Å². The summed E-state index contributed by atoms with van der Waals surface area (Å²) in [5.74, 6) is -0.667. The van der Waals surface area contributed by atoms with Crippen LogP contribution in [0.5, 0.6) is 0 Å². The maximum absolute atomic E-state index is 5.07. The van der Waals surface area contributed by atoms with Gasteiger partial charge in [-0.1, -0.05) is 12.2 Å². The van der Waals surface area contributed by atoms with Gasteiger partial charge in [0.1, 0.15) is 0 Å². The summed E-state index contributed by atoms with van der Waals surface area (Å²) in [4.78, 5) is 0. The molecule has 3 heteroatoms. The molecule has 0 aromatic heterocycles. The minimum absolute atomic E-state index is 0.667. The summed E-state index contributed by atoms with van der Waals surface area (Å²) in [7, 11) is 3.21. The quantitative estimate of drug-likeness (QED) is 0.481. The molecule has 0 aliphatic rings. The van der Waals surface area contributed by atoms with Crippen LogP contribution in [0.2, 0.25) is 0 Å². The molecule has 66 valence electrons. The molecule has 0 aromatic carbocycles. The number of hydrogen-bond acceptors (Lipinski definition) is 3. The predicted molar refractivity (Wildman–Crippen MR) is 45.2 cm³/mol. The Bertz CT molecular complexity index is 119. The van der Waals surface area contributed by atoms with Gasteiger partial charge in [0.2, 0.25) is 5.91 Å². The summed E-state index contributed by atoms with van der Waals surface area (Å²) < 4.78 is 10.1. The van der Waals surface area contributed by atoms with Gasteiger partial charge in [-0.3, -0.25) is 5.32 Å². The summed E-state index contributed by atoms with van der Waals surface area (Å²) >= 11 is 0. The number of ether oxygens (including phenoxy) is 2. The average Bonchev–Trinajstić information content (AvgIpc) is 2.05. The molecule has 0 saturated carbocycles. The van der Waals surface area contributed by atoms with E-state index in [0.717, 1.165) is 6.54 Å². The highest BCUT2D eigenvalue weighted by Gasteiger charge is 2.19. The van der Waals surface area contributed by atoms with E-state index in [0.29, 0.717) is 0 Å². The molecule has 1 N–H and O–H groups in total. The molecule has 0 radical (unpaired) electrons. The first-order valence-electron chi connectivity index (χ1n) is 3.65. The van der Waals surface area contributed by atoms with Crippen LogP contribution in [0.15, 0.2) is 12.2 Å². The summed E-state index contributed by atoms with van der Waals surface area (Å²) in [5.41, 5.74) is 0. The van der Waals surface area contributed by atoms with Crippen LogP contribution in [0.4, 0.5) is 0 Å².